The first kappa shape index (κ1) is 18.6. The number of piperidine rings is 1. The highest BCUT2D eigenvalue weighted by Gasteiger charge is 2.30. The molecule has 2 heterocycles. The second-order valence-corrected chi connectivity index (χ2v) is 9.51. The van der Waals surface area contributed by atoms with Crippen LogP contribution in [0, 0.1) is 5.92 Å². The zero-order chi connectivity index (χ0) is 18.0. The van der Waals surface area contributed by atoms with Gasteiger partial charge in [0.1, 0.15) is 0 Å². The molecule has 1 N–H and O–H groups in total. The summed E-state index contributed by atoms with van der Waals surface area (Å²) in [7, 11) is 0. The maximum Gasteiger partial charge on any atom is 0.306 e. The normalized spacial score (nSPS) is 17.8. The van der Waals surface area contributed by atoms with Crippen molar-refractivity contribution in [3.8, 4) is 0 Å². The van der Waals surface area contributed by atoms with Gasteiger partial charge in [-0.25, -0.2) is 0 Å². The third-order valence-electron chi connectivity index (χ3n) is 5.03. The number of carbonyl (C=O) groups is 1. The van der Waals surface area contributed by atoms with E-state index < -0.39 is 5.97 Å². The van der Waals surface area contributed by atoms with Gasteiger partial charge in [-0.3, -0.25) is 9.69 Å². The van der Waals surface area contributed by atoms with Crippen molar-refractivity contribution in [2.45, 2.75) is 38.6 Å². The van der Waals surface area contributed by atoms with E-state index in [0.717, 1.165) is 29.7 Å². The minimum absolute atomic E-state index is 0.199. The molecule has 1 aromatic carbocycles. The summed E-state index contributed by atoms with van der Waals surface area (Å²) in [6, 6.07) is 13.4. The second-order valence-electron chi connectivity index (χ2n) is 7.01. The molecule has 0 radical (unpaired) electrons. The smallest absolute Gasteiger partial charge is 0.306 e. The molecule has 0 aliphatic carbocycles. The van der Waals surface area contributed by atoms with Crippen LogP contribution >= 0.6 is 27.3 Å². The lowest BCUT2D eigenvalue weighted by Crippen LogP contribution is -2.39. The third kappa shape index (κ3) is 4.33. The van der Waals surface area contributed by atoms with Crippen LogP contribution in [-0.2, 0) is 4.79 Å². The molecule has 3 nitrogen and oxygen atoms in total. The van der Waals surface area contributed by atoms with Gasteiger partial charge in [0.05, 0.1) is 15.7 Å². The summed E-state index contributed by atoms with van der Waals surface area (Å²) in [6.45, 7) is 6.06. The van der Waals surface area contributed by atoms with Gasteiger partial charge < -0.3 is 5.11 Å². The van der Waals surface area contributed by atoms with E-state index in [9.17, 15) is 9.90 Å². The first-order chi connectivity index (χ1) is 12.0. The predicted octanol–water partition coefficient (Wildman–Crippen LogP) is 5.52. The number of carboxylic acids is 1. The Morgan fingerprint density at radius 2 is 1.72 bits per heavy atom. The van der Waals surface area contributed by atoms with Crippen LogP contribution in [0.25, 0.3) is 0 Å². The lowest BCUT2D eigenvalue weighted by Gasteiger charge is -2.36. The van der Waals surface area contributed by atoms with E-state index in [1.54, 1.807) is 11.3 Å². The molecule has 25 heavy (non-hydrogen) atoms. The maximum atomic E-state index is 11.3. The fraction of sp³-hybridized carbons (Fsp3) is 0.450. The van der Waals surface area contributed by atoms with Gasteiger partial charge in [-0.2, -0.15) is 0 Å². The molecular formula is C20H24BrNO2S. The molecule has 1 aliphatic heterocycles. The monoisotopic (exact) mass is 421 g/mol. The van der Waals surface area contributed by atoms with Gasteiger partial charge >= 0.3 is 5.97 Å². The lowest BCUT2D eigenvalue weighted by atomic mass is 9.93. The van der Waals surface area contributed by atoms with E-state index in [4.69, 9.17) is 0 Å². The van der Waals surface area contributed by atoms with Crippen LogP contribution in [0.1, 0.15) is 54.7 Å². The zero-order valence-electron chi connectivity index (χ0n) is 14.6. The Bertz CT molecular complexity index is 718. The van der Waals surface area contributed by atoms with Crippen molar-refractivity contribution in [3.05, 3.63) is 56.2 Å². The number of halogens is 1. The summed E-state index contributed by atoms with van der Waals surface area (Å²) in [4.78, 5) is 15.0. The molecule has 0 spiro atoms. The molecule has 0 saturated carbocycles. The number of carboxylic acid groups (broad SMARTS) is 1. The Labute approximate surface area is 161 Å². The number of benzene rings is 1. The summed E-state index contributed by atoms with van der Waals surface area (Å²) in [6.07, 6.45) is 1.45. The van der Waals surface area contributed by atoms with Gasteiger partial charge in [-0.15, -0.1) is 11.3 Å². The molecule has 1 unspecified atom stereocenters. The van der Waals surface area contributed by atoms with E-state index in [0.29, 0.717) is 5.92 Å². The molecule has 1 fully saturated rings. The molecule has 0 bridgehead atoms. The summed E-state index contributed by atoms with van der Waals surface area (Å²) in [5.41, 5.74) is 2.63. The minimum atomic E-state index is -0.656. The number of nitrogens with zero attached hydrogens (tertiary/aromatic N) is 1. The fourth-order valence-corrected chi connectivity index (χ4v) is 5.09. The Morgan fingerprint density at radius 1 is 1.12 bits per heavy atom. The predicted molar refractivity (Wildman–Crippen MR) is 106 cm³/mol. The van der Waals surface area contributed by atoms with Crippen LogP contribution < -0.4 is 0 Å². The van der Waals surface area contributed by atoms with Crippen molar-refractivity contribution in [1.29, 1.82) is 0 Å². The average molecular weight is 422 g/mol. The minimum Gasteiger partial charge on any atom is -0.481 e. The van der Waals surface area contributed by atoms with Crippen LogP contribution in [0.4, 0.5) is 0 Å². The van der Waals surface area contributed by atoms with Gasteiger partial charge in [-0.1, -0.05) is 38.1 Å². The van der Waals surface area contributed by atoms with Gasteiger partial charge in [0.25, 0.3) is 0 Å². The molecule has 0 amide bonds. The first-order valence-corrected chi connectivity index (χ1v) is 10.4. The van der Waals surface area contributed by atoms with Crippen molar-refractivity contribution >= 4 is 33.2 Å². The van der Waals surface area contributed by atoms with Crippen molar-refractivity contribution in [2.24, 2.45) is 5.92 Å². The highest BCUT2D eigenvalue weighted by Crippen LogP contribution is 2.37. The summed E-state index contributed by atoms with van der Waals surface area (Å²) in [5, 5.41) is 9.26. The topological polar surface area (TPSA) is 40.5 Å². The highest BCUT2D eigenvalue weighted by atomic mass is 79.9. The van der Waals surface area contributed by atoms with Crippen molar-refractivity contribution < 1.29 is 9.90 Å². The molecule has 1 atom stereocenters. The molecule has 1 saturated heterocycles. The largest absolute Gasteiger partial charge is 0.481 e. The van der Waals surface area contributed by atoms with Crippen LogP contribution in [0.3, 0.4) is 0 Å². The highest BCUT2D eigenvalue weighted by molar-refractivity contribution is 9.11. The number of thiophene rings is 1. The fourth-order valence-electron chi connectivity index (χ4n) is 3.50. The summed E-state index contributed by atoms with van der Waals surface area (Å²) in [5.74, 6) is -0.332. The van der Waals surface area contributed by atoms with Crippen LogP contribution in [0.2, 0.25) is 0 Å². The van der Waals surface area contributed by atoms with E-state index in [1.165, 1.54) is 16.0 Å². The molecule has 3 rings (SSSR count). The molecule has 5 heteroatoms. The molecule has 1 aliphatic rings. The van der Waals surface area contributed by atoms with E-state index in [-0.39, 0.29) is 12.0 Å². The Kier molecular flexibility index (Phi) is 5.97. The van der Waals surface area contributed by atoms with Crippen LogP contribution in [-0.4, -0.2) is 29.1 Å². The summed E-state index contributed by atoms with van der Waals surface area (Å²) < 4.78 is 1.13. The molecule has 134 valence electrons. The van der Waals surface area contributed by atoms with Gasteiger partial charge in [0.15, 0.2) is 0 Å². The Balaban J connectivity index is 1.87. The Hall–Kier alpha value is -1.17. The average Bonchev–Trinajstić information content (AvgIpc) is 3.02. The molecular weight excluding hydrogens is 398 g/mol. The zero-order valence-corrected chi connectivity index (χ0v) is 17.0. The van der Waals surface area contributed by atoms with Crippen LogP contribution in [0.15, 0.2) is 40.2 Å². The number of likely N-dealkylation sites (tertiary alicyclic amines) is 1. The number of hydrogen-bond acceptors (Lipinski definition) is 3. The van der Waals surface area contributed by atoms with Crippen LogP contribution in [0.5, 0.6) is 0 Å². The Morgan fingerprint density at radius 3 is 2.20 bits per heavy atom. The SMILES string of the molecule is CC(C)c1ccc(C(c2ccc(Br)s2)N2CCC(C(=O)O)CC2)cc1. The first-order valence-electron chi connectivity index (χ1n) is 8.77. The number of rotatable bonds is 5. The second kappa shape index (κ2) is 8.02. The van der Waals surface area contributed by atoms with Gasteiger partial charge in [0, 0.05) is 4.88 Å². The third-order valence-corrected chi connectivity index (χ3v) is 6.70. The standard InChI is InChI=1S/C20H24BrNO2S/c1-13(2)14-3-5-15(6-4-14)19(17-7-8-18(21)25-17)22-11-9-16(10-12-22)20(23)24/h3-8,13,16,19H,9-12H2,1-2H3,(H,23,24). The molecule has 1 aromatic heterocycles. The maximum absolute atomic E-state index is 11.3. The van der Waals surface area contributed by atoms with Gasteiger partial charge in [0.2, 0.25) is 0 Å². The quantitative estimate of drug-likeness (QED) is 0.690. The van der Waals surface area contributed by atoms with Crippen molar-refractivity contribution in [3.63, 3.8) is 0 Å². The van der Waals surface area contributed by atoms with E-state index in [1.807, 2.05) is 0 Å². The lowest BCUT2D eigenvalue weighted by molar-refractivity contribution is -0.143. The number of hydrogen-bond donors (Lipinski definition) is 1. The van der Waals surface area contributed by atoms with Crippen molar-refractivity contribution in [2.75, 3.05) is 13.1 Å². The van der Waals surface area contributed by atoms with Crippen molar-refractivity contribution in [1.82, 2.24) is 4.90 Å². The molecule has 2 aromatic rings. The van der Waals surface area contributed by atoms with Gasteiger partial charge in [-0.05, 0) is 71.0 Å². The number of aliphatic carboxylic acids is 1. The summed E-state index contributed by atoms with van der Waals surface area (Å²) >= 11 is 5.34. The van der Waals surface area contributed by atoms with E-state index in [2.05, 4.69) is 71.1 Å². The van der Waals surface area contributed by atoms with E-state index >= 15 is 0 Å².